The normalized spacial score (nSPS) is 16.9. The zero-order chi connectivity index (χ0) is 16.5. The lowest BCUT2D eigenvalue weighted by molar-refractivity contribution is -0.139. The molecule has 120 valence electrons. The molecule has 0 aromatic heterocycles. The topological polar surface area (TPSA) is 58.9 Å². The molecule has 1 aliphatic heterocycles. The van der Waals surface area contributed by atoms with Gasteiger partial charge >= 0.3 is 5.97 Å². The quantitative estimate of drug-likeness (QED) is 0.845. The molecule has 4 nitrogen and oxygen atoms in total. The van der Waals surface area contributed by atoms with Gasteiger partial charge in [-0.25, -0.2) is 0 Å². The number of aliphatic carboxylic acids is 1. The van der Waals surface area contributed by atoms with Crippen molar-refractivity contribution in [3.05, 3.63) is 23.3 Å². The third kappa shape index (κ3) is 2.62. The van der Waals surface area contributed by atoms with E-state index in [4.69, 9.17) is 4.74 Å². The zero-order valence-electron chi connectivity index (χ0n) is 14.1. The number of fused-ring (bicyclic) bond motifs is 1. The van der Waals surface area contributed by atoms with Gasteiger partial charge in [-0.05, 0) is 31.0 Å². The number of ether oxygens (including phenoxy) is 1. The van der Waals surface area contributed by atoms with Crippen molar-refractivity contribution in [1.82, 2.24) is 0 Å². The molecule has 0 spiro atoms. The Hall–Kier alpha value is -1.84. The van der Waals surface area contributed by atoms with Crippen LogP contribution in [0.2, 0.25) is 0 Å². The van der Waals surface area contributed by atoms with Crippen LogP contribution in [0.5, 0.6) is 5.75 Å². The molecule has 1 heterocycles. The zero-order valence-corrected chi connectivity index (χ0v) is 14.1. The maximum Gasteiger partial charge on any atom is 0.311 e. The number of nitrogens with zero attached hydrogens (tertiary/aromatic N) is 1. The summed E-state index contributed by atoms with van der Waals surface area (Å²) in [4.78, 5) is 16.5. The van der Waals surface area contributed by atoms with Gasteiger partial charge in [0.1, 0.15) is 5.75 Å². The number of hydrogen-bond donors (Lipinski definition) is 1. The molecule has 4 heteroatoms. The van der Waals surface area contributed by atoms with Crippen molar-refractivity contribution >= 4 is 17.4 Å². The average molecular weight is 303 g/mol. The van der Waals surface area contributed by atoms with Crippen molar-refractivity contribution in [3.63, 3.8) is 0 Å². The highest BCUT2D eigenvalue weighted by atomic mass is 16.5. The molecule has 0 saturated carbocycles. The fourth-order valence-corrected chi connectivity index (χ4v) is 3.16. The van der Waals surface area contributed by atoms with Crippen molar-refractivity contribution in [2.24, 2.45) is 4.99 Å². The smallest absolute Gasteiger partial charge is 0.311 e. The van der Waals surface area contributed by atoms with Crippen LogP contribution in [0.1, 0.15) is 64.0 Å². The van der Waals surface area contributed by atoms with Gasteiger partial charge in [-0.15, -0.1) is 0 Å². The van der Waals surface area contributed by atoms with Gasteiger partial charge in [-0.2, -0.15) is 0 Å². The van der Waals surface area contributed by atoms with Gasteiger partial charge in [0.15, 0.2) is 0 Å². The number of benzene rings is 1. The van der Waals surface area contributed by atoms with E-state index >= 15 is 0 Å². The van der Waals surface area contributed by atoms with Crippen molar-refractivity contribution < 1.29 is 14.6 Å². The van der Waals surface area contributed by atoms with Gasteiger partial charge in [0, 0.05) is 16.7 Å². The maximum atomic E-state index is 11.9. The minimum absolute atomic E-state index is 0.265. The molecule has 0 radical (unpaired) electrons. The molecule has 0 bridgehead atoms. The minimum atomic E-state index is -0.791. The minimum Gasteiger partial charge on any atom is -0.496 e. The van der Waals surface area contributed by atoms with Crippen LogP contribution in [-0.4, -0.2) is 23.9 Å². The van der Waals surface area contributed by atoms with E-state index in [-0.39, 0.29) is 5.41 Å². The van der Waals surface area contributed by atoms with E-state index in [9.17, 15) is 9.90 Å². The van der Waals surface area contributed by atoms with Crippen molar-refractivity contribution in [2.75, 3.05) is 7.11 Å². The Labute approximate surface area is 132 Å². The molecule has 1 aromatic carbocycles. The van der Waals surface area contributed by atoms with Crippen LogP contribution < -0.4 is 4.74 Å². The number of hydrogen-bond acceptors (Lipinski definition) is 3. The highest BCUT2D eigenvalue weighted by molar-refractivity contribution is 6.01. The van der Waals surface area contributed by atoms with E-state index in [1.54, 1.807) is 7.11 Å². The number of rotatable bonds is 6. The predicted molar refractivity (Wildman–Crippen MR) is 88.7 cm³/mol. The Morgan fingerprint density at radius 2 is 2.09 bits per heavy atom. The molecular weight excluding hydrogens is 278 g/mol. The highest BCUT2D eigenvalue weighted by Crippen LogP contribution is 2.48. The summed E-state index contributed by atoms with van der Waals surface area (Å²) in [6.45, 7) is 8.26. The number of carbonyl (C=O) groups is 1. The summed E-state index contributed by atoms with van der Waals surface area (Å²) in [5.74, 6) is -0.689. The van der Waals surface area contributed by atoms with Crippen LogP contribution in [0, 0.1) is 0 Å². The van der Waals surface area contributed by atoms with Crippen LogP contribution in [-0.2, 0) is 10.2 Å². The lowest BCUT2D eigenvalue weighted by atomic mass is 9.75. The van der Waals surface area contributed by atoms with E-state index in [1.165, 1.54) is 0 Å². The van der Waals surface area contributed by atoms with Crippen molar-refractivity contribution in [3.8, 4) is 5.75 Å². The first-order valence-electron chi connectivity index (χ1n) is 7.84. The Balaban J connectivity index is 2.65. The van der Waals surface area contributed by atoms with Crippen molar-refractivity contribution in [1.29, 1.82) is 0 Å². The molecule has 1 unspecified atom stereocenters. The molecule has 1 N–H and O–H groups in total. The van der Waals surface area contributed by atoms with Gasteiger partial charge < -0.3 is 9.84 Å². The SMILES string of the molecule is CCCCC(C(=O)O)c1c(OC)ccc2c1C(C)(C)C(C)=N2. The van der Waals surface area contributed by atoms with Gasteiger partial charge in [0.05, 0.1) is 18.7 Å². The summed E-state index contributed by atoms with van der Waals surface area (Å²) in [6.07, 6.45) is 2.47. The van der Waals surface area contributed by atoms with E-state index in [1.807, 2.05) is 19.1 Å². The second kappa shape index (κ2) is 6.11. The summed E-state index contributed by atoms with van der Waals surface area (Å²) in [5.41, 5.74) is 3.43. The van der Waals surface area contributed by atoms with Gasteiger partial charge in [-0.3, -0.25) is 9.79 Å². The standard InChI is InChI=1S/C18H25NO3/c1-6-7-8-12(17(20)21)15-14(22-5)10-9-13-16(15)18(3,4)11(2)19-13/h9-10,12H,6-8H2,1-5H3,(H,20,21). The Kier molecular flexibility index (Phi) is 4.59. The predicted octanol–water partition coefficient (Wildman–Crippen LogP) is 4.44. The number of unbranched alkanes of at least 4 members (excludes halogenated alkanes) is 1. The van der Waals surface area contributed by atoms with E-state index in [2.05, 4.69) is 25.8 Å². The first-order chi connectivity index (χ1) is 10.3. The summed E-state index contributed by atoms with van der Waals surface area (Å²) >= 11 is 0. The Bertz CT molecular complexity index is 617. The van der Waals surface area contributed by atoms with E-state index in [0.29, 0.717) is 12.2 Å². The van der Waals surface area contributed by atoms with Crippen LogP contribution in [0.25, 0.3) is 0 Å². The third-order valence-electron chi connectivity index (χ3n) is 4.71. The molecule has 0 saturated heterocycles. The second-order valence-electron chi connectivity index (χ2n) is 6.43. The Morgan fingerprint density at radius 1 is 1.41 bits per heavy atom. The van der Waals surface area contributed by atoms with Crippen LogP contribution >= 0.6 is 0 Å². The number of carboxylic acid groups (broad SMARTS) is 1. The molecule has 22 heavy (non-hydrogen) atoms. The Morgan fingerprint density at radius 3 is 2.64 bits per heavy atom. The number of carboxylic acids is 1. The lowest BCUT2D eigenvalue weighted by Gasteiger charge is -2.27. The van der Waals surface area contributed by atoms with Crippen LogP contribution in [0.4, 0.5) is 5.69 Å². The number of aliphatic imine (C=N–C) groups is 1. The molecule has 1 aliphatic rings. The average Bonchev–Trinajstić information content (AvgIpc) is 2.69. The maximum absolute atomic E-state index is 11.9. The first kappa shape index (κ1) is 16.5. The molecule has 1 atom stereocenters. The van der Waals surface area contributed by atoms with Crippen LogP contribution in [0.15, 0.2) is 17.1 Å². The summed E-state index contributed by atoms with van der Waals surface area (Å²) in [7, 11) is 1.60. The monoisotopic (exact) mass is 303 g/mol. The molecule has 2 rings (SSSR count). The molecule has 0 fully saturated rings. The highest BCUT2D eigenvalue weighted by Gasteiger charge is 2.39. The van der Waals surface area contributed by atoms with Gasteiger partial charge in [0.25, 0.3) is 0 Å². The number of methoxy groups -OCH3 is 1. The first-order valence-corrected chi connectivity index (χ1v) is 7.84. The van der Waals surface area contributed by atoms with E-state index < -0.39 is 11.9 Å². The van der Waals surface area contributed by atoms with Crippen molar-refractivity contribution in [2.45, 2.75) is 58.3 Å². The summed E-state index contributed by atoms with van der Waals surface area (Å²) < 4.78 is 5.50. The van der Waals surface area contributed by atoms with Gasteiger partial charge in [-0.1, -0.05) is 33.6 Å². The molecule has 0 amide bonds. The third-order valence-corrected chi connectivity index (χ3v) is 4.71. The second-order valence-corrected chi connectivity index (χ2v) is 6.43. The molecular formula is C18H25NO3. The summed E-state index contributed by atoms with van der Waals surface area (Å²) in [5, 5.41) is 9.75. The van der Waals surface area contributed by atoms with Crippen LogP contribution in [0.3, 0.4) is 0 Å². The summed E-state index contributed by atoms with van der Waals surface area (Å²) in [6, 6.07) is 3.77. The lowest BCUT2D eigenvalue weighted by Crippen LogP contribution is -2.26. The van der Waals surface area contributed by atoms with E-state index in [0.717, 1.165) is 35.4 Å². The molecule has 1 aromatic rings. The fraction of sp³-hybridized carbons (Fsp3) is 0.556. The fourth-order valence-electron chi connectivity index (χ4n) is 3.16. The largest absolute Gasteiger partial charge is 0.496 e. The van der Waals surface area contributed by atoms with Gasteiger partial charge in [0.2, 0.25) is 0 Å². The molecule has 0 aliphatic carbocycles.